The lowest BCUT2D eigenvalue weighted by Crippen LogP contribution is -2.32. The van der Waals surface area contributed by atoms with Gasteiger partial charge in [0.05, 0.1) is 12.3 Å². The van der Waals surface area contributed by atoms with Crippen LogP contribution in [0.4, 0.5) is 10.5 Å². The number of nitrogens with zero attached hydrogens (tertiary/aromatic N) is 1. The lowest BCUT2D eigenvalue weighted by molar-refractivity contribution is 0.160. The van der Waals surface area contributed by atoms with E-state index in [4.69, 9.17) is 27.9 Å². The molecule has 0 bridgehead atoms. The smallest absolute Gasteiger partial charge is 0.319 e. The van der Waals surface area contributed by atoms with E-state index in [-0.39, 0.29) is 6.03 Å². The number of rotatable bonds is 11. The molecule has 26 heavy (non-hydrogen) atoms. The highest BCUT2D eigenvalue weighted by atomic mass is 35.5. The highest BCUT2D eigenvalue weighted by molar-refractivity contribution is 7.99. The number of alkyl halides is 2. The van der Waals surface area contributed by atoms with Gasteiger partial charge in [-0.2, -0.15) is 0 Å². The van der Waals surface area contributed by atoms with E-state index >= 15 is 0 Å². The summed E-state index contributed by atoms with van der Waals surface area (Å²) in [5, 5.41) is 5.83. The van der Waals surface area contributed by atoms with Gasteiger partial charge in [0.15, 0.2) is 0 Å². The van der Waals surface area contributed by atoms with Crippen LogP contribution in [0.15, 0.2) is 29.2 Å². The summed E-state index contributed by atoms with van der Waals surface area (Å²) >= 11 is 13.8. The van der Waals surface area contributed by atoms with Crippen LogP contribution in [0.2, 0.25) is 0 Å². The van der Waals surface area contributed by atoms with E-state index in [0.717, 1.165) is 42.3 Å². The first kappa shape index (κ1) is 21.6. The number of thioether (sulfide) groups is 1. The number of para-hydroxylation sites is 1. The summed E-state index contributed by atoms with van der Waals surface area (Å²) < 4.78 is 4.48. The topological polar surface area (TPSA) is 53.6 Å². The molecule has 0 heterocycles. The van der Waals surface area contributed by atoms with Gasteiger partial charge >= 0.3 is 6.03 Å². The van der Waals surface area contributed by atoms with Crippen LogP contribution in [-0.4, -0.2) is 61.4 Å². The molecule has 2 N–H and O–H groups in total. The molecule has 2 amide bonds. The zero-order valence-corrected chi connectivity index (χ0v) is 17.6. The summed E-state index contributed by atoms with van der Waals surface area (Å²) in [6.45, 7) is 3.14. The zero-order valence-electron chi connectivity index (χ0n) is 15.3. The van der Waals surface area contributed by atoms with Gasteiger partial charge in [-0.1, -0.05) is 12.1 Å². The number of halogens is 2. The number of urea groups is 1. The minimum Gasteiger partial charge on any atom is -0.383 e. The molecule has 1 aromatic rings. The number of nitrogens with one attached hydrogen (secondary N) is 2. The Hall–Kier alpha value is -0.660. The van der Waals surface area contributed by atoms with E-state index in [2.05, 4.69) is 15.5 Å². The normalized spacial score (nSPS) is 18.0. The summed E-state index contributed by atoms with van der Waals surface area (Å²) in [6, 6.07) is 7.59. The molecule has 2 rings (SSSR count). The third-order valence-electron chi connectivity index (χ3n) is 4.21. The van der Waals surface area contributed by atoms with Gasteiger partial charge in [0.2, 0.25) is 0 Å². The minimum atomic E-state index is -0.566. The highest BCUT2D eigenvalue weighted by Gasteiger charge is 2.51. The Balaban J connectivity index is 1.69. The molecule has 1 unspecified atom stereocenters. The van der Waals surface area contributed by atoms with Crippen LogP contribution in [0.3, 0.4) is 0 Å². The van der Waals surface area contributed by atoms with Gasteiger partial charge in [-0.25, -0.2) is 4.79 Å². The van der Waals surface area contributed by atoms with Crippen molar-refractivity contribution >= 4 is 46.7 Å². The second-order valence-electron chi connectivity index (χ2n) is 6.50. The number of hydrogen-bond donors (Lipinski definition) is 2. The lowest BCUT2D eigenvalue weighted by atomic mass is 10.3. The van der Waals surface area contributed by atoms with Crippen LogP contribution < -0.4 is 10.6 Å². The highest BCUT2D eigenvalue weighted by Crippen LogP contribution is 2.55. The standard InChI is InChI=1S/C18H27Cl2N3O2S/c1-23(10-11-25-2)9-5-8-21-17(24)22-15-6-3-4-7-16(15)26-13-14-12-18(14,19)20/h3-4,6-7,14H,5,8-13H2,1-2H3,(H2,21,22,24). The molecule has 0 aromatic heterocycles. The fourth-order valence-electron chi connectivity index (χ4n) is 2.41. The molecule has 1 saturated carbocycles. The van der Waals surface area contributed by atoms with Crippen molar-refractivity contribution in [1.29, 1.82) is 0 Å². The molecule has 0 aliphatic heterocycles. The van der Waals surface area contributed by atoms with Crippen molar-refractivity contribution in [3.05, 3.63) is 24.3 Å². The predicted octanol–water partition coefficient (Wildman–Crippen LogP) is 4.06. The maximum absolute atomic E-state index is 12.1. The van der Waals surface area contributed by atoms with E-state index in [9.17, 15) is 4.79 Å². The Morgan fingerprint density at radius 3 is 2.81 bits per heavy atom. The number of likely N-dealkylation sites (N-methyl/N-ethyl adjacent to an activating group) is 1. The van der Waals surface area contributed by atoms with Crippen molar-refractivity contribution < 1.29 is 9.53 Å². The van der Waals surface area contributed by atoms with Crippen LogP contribution in [0.5, 0.6) is 0 Å². The minimum absolute atomic E-state index is 0.187. The Kier molecular flexibility index (Phi) is 8.84. The van der Waals surface area contributed by atoms with E-state index in [1.165, 1.54) is 0 Å². The van der Waals surface area contributed by atoms with Gasteiger partial charge in [0.25, 0.3) is 0 Å². The molecule has 1 atom stereocenters. The summed E-state index contributed by atoms with van der Waals surface area (Å²) in [4.78, 5) is 15.3. The molecule has 1 aromatic carbocycles. The SMILES string of the molecule is COCCN(C)CCCNC(=O)Nc1ccccc1SCC1CC1(Cl)Cl. The lowest BCUT2D eigenvalue weighted by Gasteiger charge is -2.16. The number of carbonyl (C=O) groups is 1. The molecule has 8 heteroatoms. The number of amides is 2. The van der Waals surface area contributed by atoms with E-state index in [0.29, 0.717) is 19.1 Å². The van der Waals surface area contributed by atoms with Crippen molar-refractivity contribution in [3.8, 4) is 0 Å². The van der Waals surface area contributed by atoms with Crippen LogP contribution >= 0.6 is 35.0 Å². The number of methoxy groups -OCH3 is 1. The zero-order chi connectivity index (χ0) is 19.0. The van der Waals surface area contributed by atoms with Gasteiger partial charge in [0.1, 0.15) is 4.33 Å². The molecule has 1 aliphatic carbocycles. The predicted molar refractivity (Wildman–Crippen MR) is 111 cm³/mol. The van der Waals surface area contributed by atoms with Gasteiger partial charge in [0, 0.05) is 36.8 Å². The third-order valence-corrected chi connectivity index (χ3v) is 6.37. The molecule has 0 radical (unpaired) electrons. The van der Waals surface area contributed by atoms with Crippen molar-refractivity contribution in [2.24, 2.45) is 5.92 Å². The summed E-state index contributed by atoms with van der Waals surface area (Å²) in [6.07, 6.45) is 1.72. The number of ether oxygens (including phenoxy) is 1. The van der Waals surface area contributed by atoms with Crippen molar-refractivity contribution in [2.75, 3.05) is 51.5 Å². The number of carbonyl (C=O) groups excluding carboxylic acids is 1. The number of benzene rings is 1. The Morgan fingerprint density at radius 2 is 2.12 bits per heavy atom. The largest absolute Gasteiger partial charge is 0.383 e. The molecule has 0 saturated heterocycles. The molecule has 1 fully saturated rings. The molecule has 1 aliphatic rings. The Morgan fingerprint density at radius 1 is 1.38 bits per heavy atom. The Labute approximate surface area is 170 Å². The molecular weight excluding hydrogens is 393 g/mol. The first-order valence-corrected chi connectivity index (χ1v) is 10.5. The van der Waals surface area contributed by atoms with E-state index in [1.807, 2.05) is 31.3 Å². The van der Waals surface area contributed by atoms with Crippen molar-refractivity contribution in [1.82, 2.24) is 10.2 Å². The van der Waals surface area contributed by atoms with E-state index < -0.39 is 4.33 Å². The number of hydrogen-bond acceptors (Lipinski definition) is 4. The fourth-order valence-corrected chi connectivity index (χ4v) is 4.36. The van der Waals surface area contributed by atoms with E-state index in [1.54, 1.807) is 18.9 Å². The summed E-state index contributed by atoms with van der Waals surface area (Å²) in [7, 11) is 3.74. The van der Waals surface area contributed by atoms with Gasteiger partial charge in [-0.05, 0) is 38.6 Å². The fraction of sp³-hybridized carbons (Fsp3) is 0.611. The third kappa shape index (κ3) is 7.53. The van der Waals surface area contributed by atoms with Crippen LogP contribution in [0, 0.1) is 5.92 Å². The van der Waals surface area contributed by atoms with Crippen molar-refractivity contribution in [2.45, 2.75) is 22.1 Å². The van der Waals surface area contributed by atoms with Gasteiger partial charge in [-0.15, -0.1) is 35.0 Å². The first-order valence-electron chi connectivity index (χ1n) is 8.74. The van der Waals surface area contributed by atoms with Crippen LogP contribution in [0.1, 0.15) is 12.8 Å². The van der Waals surface area contributed by atoms with Crippen LogP contribution in [-0.2, 0) is 4.74 Å². The average Bonchev–Trinajstić information content (AvgIpc) is 3.23. The summed E-state index contributed by atoms with van der Waals surface area (Å²) in [5.41, 5.74) is 0.808. The van der Waals surface area contributed by atoms with Gasteiger partial charge < -0.3 is 20.3 Å². The Bertz CT molecular complexity index is 589. The van der Waals surface area contributed by atoms with Crippen molar-refractivity contribution in [3.63, 3.8) is 0 Å². The molecule has 0 spiro atoms. The molecule has 146 valence electrons. The first-order chi connectivity index (χ1) is 12.4. The monoisotopic (exact) mass is 419 g/mol. The van der Waals surface area contributed by atoms with Gasteiger partial charge in [-0.3, -0.25) is 0 Å². The average molecular weight is 420 g/mol. The maximum Gasteiger partial charge on any atom is 0.319 e. The quantitative estimate of drug-likeness (QED) is 0.322. The second-order valence-corrected chi connectivity index (χ2v) is 9.10. The summed E-state index contributed by atoms with van der Waals surface area (Å²) in [5.74, 6) is 1.16. The maximum atomic E-state index is 12.1. The number of anilines is 1. The molecular formula is C18H27Cl2N3O2S. The second kappa shape index (κ2) is 10.6. The van der Waals surface area contributed by atoms with Crippen LogP contribution in [0.25, 0.3) is 0 Å². The molecule has 5 nitrogen and oxygen atoms in total.